The van der Waals surface area contributed by atoms with Gasteiger partial charge in [-0.05, 0) is 24.6 Å². The van der Waals surface area contributed by atoms with Crippen molar-refractivity contribution < 1.29 is 18.0 Å². The predicted octanol–water partition coefficient (Wildman–Crippen LogP) is 2.83. The molecule has 0 fully saturated rings. The van der Waals surface area contributed by atoms with Gasteiger partial charge >= 0.3 is 6.18 Å². The molecule has 0 atom stereocenters. The molecule has 9 heteroatoms. The van der Waals surface area contributed by atoms with Crippen LogP contribution in [0.5, 0.6) is 0 Å². The molecule has 24 heavy (non-hydrogen) atoms. The number of aromatic amines is 2. The van der Waals surface area contributed by atoms with Crippen molar-refractivity contribution >= 4 is 22.6 Å². The number of carbonyl (C=O) groups is 1. The van der Waals surface area contributed by atoms with Gasteiger partial charge in [0.25, 0.3) is 11.5 Å². The van der Waals surface area contributed by atoms with Crippen molar-refractivity contribution in [1.82, 2.24) is 15.0 Å². The number of alkyl halides is 3. The molecule has 0 radical (unpaired) electrons. The number of pyridine rings is 2. The Bertz CT molecular complexity index is 971. The van der Waals surface area contributed by atoms with E-state index in [2.05, 4.69) is 20.3 Å². The van der Waals surface area contributed by atoms with Gasteiger partial charge < -0.3 is 15.3 Å². The van der Waals surface area contributed by atoms with Gasteiger partial charge in [0.2, 0.25) is 0 Å². The summed E-state index contributed by atoms with van der Waals surface area (Å²) in [7, 11) is 0. The maximum absolute atomic E-state index is 12.5. The number of hydrogen-bond donors (Lipinski definition) is 3. The molecule has 0 spiro atoms. The van der Waals surface area contributed by atoms with E-state index in [4.69, 9.17) is 0 Å². The summed E-state index contributed by atoms with van der Waals surface area (Å²) in [6.07, 6.45) is -0.994. The number of nitrogens with zero attached hydrogens (tertiary/aromatic N) is 1. The fraction of sp³-hybridized carbons (Fsp3) is 0.133. The van der Waals surface area contributed by atoms with Crippen molar-refractivity contribution in [2.24, 2.45) is 0 Å². The minimum atomic E-state index is -4.50. The predicted molar refractivity (Wildman–Crippen MR) is 80.8 cm³/mol. The number of carbonyl (C=O) groups excluding carboxylic acids is 1. The molecule has 0 aliphatic heterocycles. The van der Waals surface area contributed by atoms with E-state index in [0.717, 1.165) is 17.7 Å². The van der Waals surface area contributed by atoms with Crippen LogP contribution in [0.4, 0.5) is 19.0 Å². The van der Waals surface area contributed by atoms with Crippen molar-refractivity contribution in [2.45, 2.75) is 13.1 Å². The van der Waals surface area contributed by atoms with Gasteiger partial charge in [-0.25, -0.2) is 4.98 Å². The van der Waals surface area contributed by atoms with Crippen LogP contribution in [0.25, 0.3) is 10.9 Å². The maximum Gasteiger partial charge on any atom is 0.417 e. The van der Waals surface area contributed by atoms with Crippen LogP contribution in [-0.2, 0) is 6.18 Å². The first-order valence-corrected chi connectivity index (χ1v) is 6.81. The summed E-state index contributed by atoms with van der Waals surface area (Å²) in [5, 5.41) is 2.55. The molecule has 1 amide bonds. The van der Waals surface area contributed by atoms with E-state index in [9.17, 15) is 22.8 Å². The molecular weight excluding hydrogens is 325 g/mol. The SMILES string of the molecule is Cc1c[nH]c(=O)c2c(C(=O)Nc3ccc(C(F)(F)F)cn3)c[nH]c12. The topological polar surface area (TPSA) is 90.6 Å². The molecule has 3 aromatic heterocycles. The summed E-state index contributed by atoms with van der Waals surface area (Å²) < 4.78 is 37.5. The second-order valence-corrected chi connectivity index (χ2v) is 5.14. The lowest BCUT2D eigenvalue weighted by atomic mass is 10.1. The van der Waals surface area contributed by atoms with Crippen LogP contribution in [0.3, 0.4) is 0 Å². The van der Waals surface area contributed by atoms with E-state index in [1.165, 1.54) is 12.4 Å². The highest BCUT2D eigenvalue weighted by atomic mass is 19.4. The largest absolute Gasteiger partial charge is 0.417 e. The van der Waals surface area contributed by atoms with E-state index in [-0.39, 0.29) is 16.8 Å². The summed E-state index contributed by atoms with van der Waals surface area (Å²) in [6, 6.07) is 1.86. The molecule has 0 saturated carbocycles. The maximum atomic E-state index is 12.5. The molecule has 124 valence electrons. The average Bonchev–Trinajstić information content (AvgIpc) is 2.97. The van der Waals surface area contributed by atoms with E-state index < -0.39 is 23.2 Å². The van der Waals surface area contributed by atoms with Crippen molar-refractivity contribution in [3.05, 3.63) is 57.8 Å². The number of aryl methyl sites for hydroxylation is 1. The quantitative estimate of drug-likeness (QED) is 0.672. The highest BCUT2D eigenvalue weighted by molar-refractivity contribution is 6.12. The van der Waals surface area contributed by atoms with Gasteiger partial charge in [-0.3, -0.25) is 9.59 Å². The summed E-state index contributed by atoms with van der Waals surface area (Å²) in [5.41, 5.74) is -0.0146. The number of amides is 1. The Morgan fingerprint density at radius 1 is 1.21 bits per heavy atom. The van der Waals surface area contributed by atoms with Gasteiger partial charge in [0.15, 0.2) is 0 Å². The Kier molecular flexibility index (Phi) is 3.63. The van der Waals surface area contributed by atoms with Crippen LogP contribution >= 0.6 is 0 Å². The highest BCUT2D eigenvalue weighted by Crippen LogP contribution is 2.29. The second-order valence-electron chi connectivity index (χ2n) is 5.14. The summed E-state index contributed by atoms with van der Waals surface area (Å²) in [4.78, 5) is 33.1. The normalized spacial score (nSPS) is 11.7. The van der Waals surface area contributed by atoms with E-state index in [1.54, 1.807) is 6.92 Å². The molecule has 3 aromatic rings. The third-order valence-corrected chi connectivity index (χ3v) is 3.50. The summed E-state index contributed by atoms with van der Waals surface area (Å²) in [5.74, 6) is -0.698. The highest BCUT2D eigenvalue weighted by Gasteiger charge is 2.30. The van der Waals surface area contributed by atoms with Crippen LogP contribution < -0.4 is 10.9 Å². The first-order chi connectivity index (χ1) is 11.3. The zero-order chi connectivity index (χ0) is 17.5. The fourth-order valence-corrected chi connectivity index (χ4v) is 2.29. The van der Waals surface area contributed by atoms with E-state index in [1.807, 2.05) is 0 Å². The van der Waals surface area contributed by atoms with Crippen LogP contribution in [0.1, 0.15) is 21.5 Å². The van der Waals surface area contributed by atoms with Crippen LogP contribution in [0.2, 0.25) is 0 Å². The summed E-state index contributed by atoms with van der Waals surface area (Å²) >= 11 is 0. The van der Waals surface area contributed by atoms with Crippen molar-refractivity contribution in [2.75, 3.05) is 5.32 Å². The van der Waals surface area contributed by atoms with Crippen molar-refractivity contribution in [1.29, 1.82) is 0 Å². The zero-order valence-corrected chi connectivity index (χ0v) is 12.3. The Morgan fingerprint density at radius 3 is 2.58 bits per heavy atom. The number of H-pyrrole nitrogens is 2. The van der Waals surface area contributed by atoms with E-state index >= 15 is 0 Å². The Morgan fingerprint density at radius 2 is 1.96 bits per heavy atom. The lowest BCUT2D eigenvalue weighted by Gasteiger charge is -2.07. The Hall–Kier alpha value is -3.10. The van der Waals surface area contributed by atoms with Gasteiger partial charge in [0.1, 0.15) is 5.82 Å². The number of rotatable bonds is 2. The van der Waals surface area contributed by atoms with Gasteiger partial charge in [-0.1, -0.05) is 0 Å². The smallest absolute Gasteiger partial charge is 0.360 e. The number of fused-ring (bicyclic) bond motifs is 1. The zero-order valence-electron chi connectivity index (χ0n) is 12.3. The Labute approximate surface area is 132 Å². The van der Waals surface area contributed by atoms with Crippen LogP contribution in [0, 0.1) is 6.92 Å². The van der Waals surface area contributed by atoms with Gasteiger partial charge in [-0.2, -0.15) is 13.2 Å². The lowest BCUT2D eigenvalue weighted by Crippen LogP contribution is -2.16. The van der Waals surface area contributed by atoms with Gasteiger partial charge in [0.05, 0.1) is 22.0 Å². The van der Waals surface area contributed by atoms with Crippen LogP contribution in [0.15, 0.2) is 35.5 Å². The molecule has 0 aromatic carbocycles. The molecule has 0 saturated heterocycles. The second kappa shape index (κ2) is 5.52. The molecule has 0 unspecified atom stereocenters. The number of nitrogens with one attached hydrogen (secondary N) is 3. The molecule has 3 N–H and O–H groups in total. The standard InChI is InChI=1S/C15H11F3N4O2/c1-7-4-21-14(24)11-9(6-20-12(7)11)13(23)22-10-3-2-8(5-19-10)15(16,17)18/h2-6,20H,1H3,(H,21,24)(H,19,22,23). The van der Waals surface area contributed by atoms with Crippen molar-refractivity contribution in [3.8, 4) is 0 Å². The number of hydrogen-bond acceptors (Lipinski definition) is 3. The van der Waals surface area contributed by atoms with Crippen molar-refractivity contribution in [3.63, 3.8) is 0 Å². The first-order valence-electron chi connectivity index (χ1n) is 6.81. The van der Waals surface area contributed by atoms with Gasteiger partial charge in [-0.15, -0.1) is 0 Å². The summed E-state index contributed by atoms with van der Waals surface area (Å²) in [6.45, 7) is 1.76. The minimum Gasteiger partial charge on any atom is -0.360 e. The number of halogens is 3. The number of anilines is 1. The molecule has 0 aliphatic rings. The molecule has 6 nitrogen and oxygen atoms in total. The monoisotopic (exact) mass is 336 g/mol. The third-order valence-electron chi connectivity index (χ3n) is 3.50. The first kappa shape index (κ1) is 15.8. The Balaban J connectivity index is 1.91. The number of aromatic nitrogens is 3. The molecular formula is C15H11F3N4O2. The molecule has 0 aliphatic carbocycles. The average molecular weight is 336 g/mol. The van der Waals surface area contributed by atoms with Crippen LogP contribution in [-0.4, -0.2) is 20.9 Å². The van der Waals surface area contributed by atoms with E-state index in [0.29, 0.717) is 11.7 Å². The third kappa shape index (κ3) is 2.75. The van der Waals surface area contributed by atoms with Gasteiger partial charge in [0, 0.05) is 18.6 Å². The molecule has 3 rings (SSSR count). The molecule has 3 heterocycles. The fourth-order valence-electron chi connectivity index (χ4n) is 2.29. The lowest BCUT2D eigenvalue weighted by molar-refractivity contribution is -0.137. The minimum absolute atomic E-state index is 0.0496. The molecule has 0 bridgehead atoms.